The van der Waals surface area contributed by atoms with Crippen LogP contribution in [0.2, 0.25) is 0 Å². The van der Waals surface area contributed by atoms with Gasteiger partial charge in [0.05, 0.1) is 0 Å². The second-order valence-corrected chi connectivity index (χ2v) is 6.22. The molecule has 2 saturated heterocycles. The smallest absolute Gasteiger partial charge is 0.254 e. The van der Waals surface area contributed by atoms with E-state index < -0.39 is 0 Å². The molecule has 1 amide bonds. The lowest BCUT2D eigenvalue weighted by atomic mass is 9.86. The van der Waals surface area contributed by atoms with E-state index in [9.17, 15) is 4.79 Å². The van der Waals surface area contributed by atoms with E-state index in [1.54, 1.807) is 0 Å². The minimum atomic E-state index is 0. The summed E-state index contributed by atoms with van der Waals surface area (Å²) < 4.78 is 0. The highest BCUT2D eigenvalue weighted by Gasteiger charge is 2.42. The summed E-state index contributed by atoms with van der Waals surface area (Å²) in [4.78, 5) is 14.7. The van der Waals surface area contributed by atoms with Gasteiger partial charge in [-0.15, -0.1) is 12.4 Å². The molecule has 0 saturated carbocycles. The van der Waals surface area contributed by atoms with Gasteiger partial charge in [0.15, 0.2) is 0 Å². The summed E-state index contributed by atoms with van der Waals surface area (Å²) in [5, 5.41) is 3.44. The second-order valence-electron chi connectivity index (χ2n) is 6.22. The first-order valence-electron chi connectivity index (χ1n) is 7.17. The Morgan fingerprint density at radius 3 is 2.80 bits per heavy atom. The third kappa shape index (κ3) is 2.70. The third-order valence-corrected chi connectivity index (χ3v) is 4.68. The SMILES string of the molecule is Cc1ccc(C)c(C(=O)N2CCC3(CCNC3)C2)c1.Cl. The van der Waals surface area contributed by atoms with Crippen molar-refractivity contribution in [2.75, 3.05) is 26.2 Å². The van der Waals surface area contributed by atoms with Crippen molar-refractivity contribution in [3.05, 3.63) is 34.9 Å². The van der Waals surface area contributed by atoms with Gasteiger partial charge in [0.25, 0.3) is 5.91 Å². The second kappa shape index (κ2) is 5.74. The Bertz CT molecular complexity index is 509. The zero-order valence-electron chi connectivity index (χ0n) is 12.2. The minimum absolute atomic E-state index is 0. The summed E-state index contributed by atoms with van der Waals surface area (Å²) in [6.45, 7) is 8.08. The van der Waals surface area contributed by atoms with Gasteiger partial charge in [-0.05, 0) is 44.9 Å². The number of likely N-dealkylation sites (tertiary alicyclic amines) is 1. The zero-order valence-corrected chi connectivity index (χ0v) is 13.1. The van der Waals surface area contributed by atoms with Crippen LogP contribution in [0.5, 0.6) is 0 Å². The van der Waals surface area contributed by atoms with Crippen LogP contribution in [-0.4, -0.2) is 37.0 Å². The van der Waals surface area contributed by atoms with E-state index in [1.807, 2.05) is 26.0 Å². The molecule has 2 aliphatic heterocycles. The Morgan fingerprint density at radius 1 is 1.30 bits per heavy atom. The first kappa shape index (κ1) is 15.3. The van der Waals surface area contributed by atoms with E-state index in [4.69, 9.17) is 0 Å². The number of halogens is 1. The molecule has 1 aromatic carbocycles. The number of hydrogen-bond acceptors (Lipinski definition) is 2. The molecule has 1 N–H and O–H groups in total. The quantitative estimate of drug-likeness (QED) is 0.863. The standard InChI is InChI=1S/C16H22N2O.ClH/c1-12-3-4-13(2)14(9-12)15(19)18-8-6-16(11-18)5-7-17-10-16;/h3-4,9,17H,5-8,10-11H2,1-2H3;1H. The van der Waals surface area contributed by atoms with Crippen LogP contribution in [0.3, 0.4) is 0 Å². The van der Waals surface area contributed by atoms with Crippen LogP contribution >= 0.6 is 12.4 Å². The van der Waals surface area contributed by atoms with Gasteiger partial charge in [0, 0.05) is 30.6 Å². The maximum atomic E-state index is 12.7. The molecule has 1 atom stereocenters. The number of nitrogens with one attached hydrogen (secondary N) is 1. The molecule has 0 aromatic heterocycles. The number of benzene rings is 1. The van der Waals surface area contributed by atoms with Crippen LogP contribution < -0.4 is 5.32 Å². The van der Waals surface area contributed by atoms with Crippen molar-refractivity contribution in [2.45, 2.75) is 26.7 Å². The van der Waals surface area contributed by atoms with E-state index in [2.05, 4.69) is 16.3 Å². The Morgan fingerprint density at radius 2 is 2.10 bits per heavy atom. The predicted molar refractivity (Wildman–Crippen MR) is 83.6 cm³/mol. The number of hydrogen-bond donors (Lipinski definition) is 1. The Balaban J connectivity index is 0.00000147. The van der Waals surface area contributed by atoms with Gasteiger partial charge < -0.3 is 10.2 Å². The molecule has 3 nitrogen and oxygen atoms in total. The van der Waals surface area contributed by atoms with Gasteiger partial charge in [-0.2, -0.15) is 0 Å². The van der Waals surface area contributed by atoms with Crippen LogP contribution in [0.1, 0.15) is 34.3 Å². The molecule has 1 aromatic rings. The molecule has 0 bridgehead atoms. The van der Waals surface area contributed by atoms with Gasteiger partial charge >= 0.3 is 0 Å². The first-order valence-corrected chi connectivity index (χ1v) is 7.17. The fourth-order valence-corrected chi connectivity index (χ4v) is 3.39. The average molecular weight is 295 g/mol. The highest BCUT2D eigenvalue weighted by atomic mass is 35.5. The van der Waals surface area contributed by atoms with Gasteiger partial charge in [0.1, 0.15) is 0 Å². The Hall–Kier alpha value is -1.06. The molecule has 3 rings (SSSR count). The van der Waals surface area contributed by atoms with E-state index >= 15 is 0 Å². The molecule has 0 aliphatic carbocycles. The number of rotatable bonds is 1. The molecule has 2 aliphatic rings. The van der Waals surface area contributed by atoms with Gasteiger partial charge in [0.2, 0.25) is 0 Å². The Kier molecular flexibility index (Phi) is 4.40. The molecule has 1 unspecified atom stereocenters. The fraction of sp³-hybridized carbons (Fsp3) is 0.562. The number of aryl methyl sites for hydroxylation is 2. The van der Waals surface area contributed by atoms with Crippen LogP contribution in [0.25, 0.3) is 0 Å². The lowest BCUT2D eigenvalue weighted by Gasteiger charge is -2.23. The summed E-state index contributed by atoms with van der Waals surface area (Å²) in [7, 11) is 0. The van der Waals surface area contributed by atoms with Crippen molar-refractivity contribution >= 4 is 18.3 Å². The van der Waals surface area contributed by atoms with Crippen LogP contribution in [0.4, 0.5) is 0 Å². The predicted octanol–water partition coefficient (Wildman–Crippen LogP) is 2.55. The van der Waals surface area contributed by atoms with Crippen molar-refractivity contribution in [2.24, 2.45) is 5.41 Å². The molecular formula is C16H23ClN2O. The summed E-state index contributed by atoms with van der Waals surface area (Å²) in [5.41, 5.74) is 3.47. The normalized spacial score (nSPS) is 25.0. The molecule has 1 spiro atoms. The van der Waals surface area contributed by atoms with Crippen LogP contribution in [0, 0.1) is 19.3 Å². The molecule has 0 radical (unpaired) electrons. The van der Waals surface area contributed by atoms with Crippen molar-refractivity contribution in [1.29, 1.82) is 0 Å². The fourth-order valence-electron chi connectivity index (χ4n) is 3.39. The first-order chi connectivity index (χ1) is 9.10. The molecule has 4 heteroatoms. The number of amides is 1. The zero-order chi connectivity index (χ0) is 13.5. The summed E-state index contributed by atoms with van der Waals surface area (Å²) >= 11 is 0. The summed E-state index contributed by atoms with van der Waals surface area (Å²) in [6, 6.07) is 6.14. The minimum Gasteiger partial charge on any atom is -0.338 e. The van der Waals surface area contributed by atoms with Crippen LogP contribution in [-0.2, 0) is 0 Å². The maximum Gasteiger partial charge on any atom is 0.254 e. The van der Waals surface area contributed by atoms with Gasteiger partial charge in [-0.3, -0.25) is 4.79 Å². The lowest BCUT2D eigenvalue weighted by molar-refractivity contribution is 0.0775. The molecule has 2 fully saturated rings. The number of nitrogens with zero attached hydrogens (tertiary/aromatic N) is 1. The summed E-state index contributed by atoms with van der Waals surface area (Å²) in [6.07, 6.45) is 2.36. The topological polar surface area (TPSA) is 32.3 Å². The van der Waals surface area contributed by atoms with Gasteiger partial charge in [-0.1, -0.05) is 17.7 Å². The molecule has 110 valence electrons. The largest absolute Gasteiger partial charge is 0.338 e. The third-order valence-electron chi connectivity index (χ3n) is 4.68. The van der Waals surface area contributed by atoms with E-state index in [-0.39, 0.29) is 18.3 Å². The number of carbonyl (C=O) groups is 1. The monoisotopic (exact) mass is 294 g/mol. The van der Waals surface area contributed by atoms with E-state index in [0.29, 0.717) is 5.41 Å². The van der Waals surface area contributed by atoms with E-state index in [0.717, 1.165) is 49.3 Å². The van der Waals surface area contributed by atoms with Crippen molar-refractivity contribution in [1.82, 2.24) is 10.2 Å². The van der Waals surface area contributed by atoms with Crippen molar-refractivity contribution < 1.29 is 4.79 Å². The maximum absolute atomic E-state index is 12.7. The van der Waals surface area contributed by atoms with Crippen molar-refractivity contribution in [3.63, 3.8) is 0 Å². The highest BCUT2D eigenvalue weighted by molar-refractivity contribution is 5.96. The van der Waals surface area contributed by atoms with E-state index in [1.165, 1.54) is 6.42 Å². The van der Waals surface area contributed by atoms with Crippen LogP contribution in [0.15, 0.2) is 18.2 Å². The highest BCUT2D eigenvalue weighted by Crippen LogP contribution is 2.36. The molecule has 20 heavy (non-hydrogen) atoms. The van der Waals surface area contributed by atoms with Gasteiger partial charge in [-0.25, -0.2) is 0 Å². The van der Waals surface area contributed by atoms with Crippen molar-refractivity contribution in [3.8, 4) is 0 Å². The lowest BCUT2D eigenvalue weighted by Crippen LogP contribution is -2.33. The number of carbonyl (C=O) groups excluding carboxylic acids is 1. The Labute approximate surface area is 127 Å². The molecular weight excluding hydrogens is 272 g/mol. The average Bonchev–Trinajstić information content (AvgIpc) is 3.03. The summed E-state index contributed by atoms with van der Waals surface area (Å²) in [5.74, 6) is 0.213. The molecule has 2 heterocycles.